The van der Waals surface area contributed by atoms with Crippen molar-refractivity contribution in [1.29, 1.82) is 0 Å². The van der Waals surface area contributed by atoms with E-state index in [2.05, 4.69) is 5.32 Å². The van der Waals surface area contributed by atoms with Crippen LogP contribution in [0.25, 0.3) is 0 Å². The van der Waals surface area contributed by atoms with Gasteiger partial charge in [-0.15, -0.1) is 0 Å². The van der Waals surface area contributed by atoms with E-state index < -0.39 is 22.0 Å². The van der Waals surface area contributed by atoms with E-state index in [9.17, 15) is 13.2 Å². The minimum atomic E-state index is -3.68. The minimum absolute atomic E-state index is 0.269. The summed E-state index contributed by atoms with van der Waals surface area (Å²) < 4.78 is 37.1. The Hall–Kier alpha value is -2.74. The van der Waals surface area contributed by atoms with Gasteiger partial charge in [0.25, 0.3) is 0 Å². The molecule has 164 valence electrons. The summed E-state index contributed by atoms with van der Waals surface area (Å²) in [5.74, 6) is 0.975. The number of nitrogens with zero attached hydrogens (tertiary/aromatic N) is 1. The highest BCUT2D eigenvalue weighted by Gasteiger charge is 2.29. The van der Waals surface area contributed by atoms with Gasteiger partial charge < -0.3 is 14.8 Å². The summed E-state index contributed by atoms with van der Waals surface area (Å²) in [6.07, 6.45) is 1.08. The number of carbonyl (C=O) groups is 1. The number of benzene rings is 2. The second-order valence-electron chi connectivity index (χ2n) is 7.15. The Kier molecular flexibility index (Phi) is 8.11. The fraction of sp³-hybridized carbons (Fsp3) is 0.409. The van der Waals surface area contributed by atoms with Crippen molar-refractivity contribution in [3.63, 3.8) is 0 Å². The van der Waals surface area contributed by atoms with Crippen LogP contribution in [0.2, 0.25) is 0 Å². The van der Waals surface area contributed by atoms with Crippen LogP contribution in [0.1, 0.15) is 26.3 Å². The molecule has 0 aliphatic rings. The molecule has 7 nitrogen and oxygen atoms in total. The number of hydrogen-bond donors (Lipinski definition) is 1. The molecule has 2 rings (SSSR count). The van der Waals surface area contributed by atoms with Gasteiger partial charge in [-0.3, -0.25) is 9.10 Å². The molecule has 2 aromatic carbocycles. The number of para-hydroxylation sites is 1. The molecular formula is C22H30N2O5S. The molecule has 0 fully saturated rings. The first-order valence-corrected chi connectivity index (χ1v) is 11.7. The van der Waals surface area contributed by atoms with E-state index in [1.54, 1.807) is 31.2 Å². The van der Waals surface area contributed by atoms with Crippen molar-refractivity contribution in [2.75, 3.05) is 23.8 Å². The number of carbonyl (C=O) groups excluding carboxylic acids is 1. The van der Waals surface area contributed by atoms with Crippen LogP contribution in [0.15, 0.2) is 48.5 Å². The summed E-state index contributed by atoms with van der Waals surface area (Å²) in [5.41, 5.74) is 1.40. The number of rotatable bonds is 10. The average Bonchev–Trinajstić information content (AvgIpc) is 2.68. The third kappa shape index (κ3) is 6.38. The van der Waals surface area contributed by atoms with Crippen LogP contribution >= 0.6 is 0 Å². The molecule has 30 heavy (non-hydrogen) atoms. The number of sulfonamides is 1. The largest absolute Gasteiger partial charge is 0.494 e. The quantitative estimate of drug-likeness (QED) is 0.621. The van der Waals surface area contributed by atoms with Crippen molar-refractivity contribution < 1.29 is 22.7 Å². The number of hydrogen-bond acceptors (Lipinski definition) is 5. The molecule has 1 N–H and O–H groups in total. The van der Waals surface area contributed by atoms with E-state index in [-0.39, 0.29) is 12.6 Å². The highest BCUT2D eigenvalue weighted by Crippen LogP contribution is 2.24. The summed E-state index contributed by atoms with van der Waals surface area (Å²) >= 11 is 0. The minimum Gasteiger partial charge on any atom is -0.494 e. The normalized spacial score (nSPS) is 13.2. The first kappa shape index (κ1) is 23.5. The molecule has 2 atom stereocenters. The zero-order chi connectivity index (χ0) is 22.3. The molecule has 1 amide bonds. The second kappa shape index (κ2) is 10.3. The fourth-order valence-electron chi connectivity index (χ4n) is 3.00. The summed E-state index contributed by atoms with van der Waals surface area (Å²) in [6.45, 7) is 7.96. The van der Waals surface area contributed by atoms with E-state index in [1.807, 2.05) is 45.0 Å². The Labute approximate surface area is 179 Å². The smallest absolute Gasteiger partial charge is 0.243 e. The van der Waals surface area contributed by atoms with E-state index in [4.69, 9.17) is 9.47 Å². The average molecular weight is 435 g/mol. The van der Waals surface area contributed by atoms with Crippen molar-refractivity contribution in [2.24, 2.45) is 0 Å². The number of aryl methyl sites for hydroxylation is 1. The predicted octanol–water partition coefficient (Wildman–Crippen LogP) is 3.13. The second-order valence-corrected chi connectivity index (χ2v) is 9.01. The molecule has 0 heterocycles. The van der Waals surface area contributed by atoms with Gasteiger partial charge in [0.15, 0.2) is 0 Å². The maximum Gasteiger partial charge on any atom is 0.243 e. The third-order valence-corrected chi connectivity index (χ3v) is 5.70. The molecule has 0 saturated carbocycles. The molecule has 0 saturated heterocycles. The molecule has 0 unspecified atom stereocenters. The van der Waals surface area contributed by atoms with Crippen LogP contribution in [-0.4, -0.2) is 45.9 Å². The fourth-order valence-corrected chi connectivity index (χ4v) is 4.18. The monoisotopic (exact) mass is 434 g/mol. The topological polar surface area (TPSA) is 84.9 Å². The van der Waals surface area contributed by atoms with Gasteiger partial charge >= 0.3 is 0 Å². The van der Waals surface area contributed by atoms with Crippen LogP contribution in [0.3, 0.4) is 0 Å². The van der Waals surface area contributed by atoms with Crippen LogP contribution < -0.4 is 19.1 Å². The lowest BCUT2D eigenvalue weighted by molar-refractivity contribution is -0.122. The molecule has 0 spiro atoms. The Bertz CT molecular complexity index is 944. The highest BCUT2D eigenvalue weighted by atomic mass is 32.2. The van der Waals surface area contributed by atoms with Crippen LogP contribution in [0.5, 0.6) is 11.5 Å². The van der Waals surface area contributed by atoms with E-state index in [0.717, 1.165) is 21.9 Å². The molecule has 0 radical (unpaired) electrons. The molecule has 0 aliphatic carbocycles. The Morgan fingerprint density at radius 2 is 1.70 bits per heavy atom. The van der Waals surface area contributed by atoms with Crippen molar-refractivity contribution in [1.82, 2.24) is 5.32 Å². The van der Waals surface area contributed by atoms with Crippen molar-refractivity contribution in [3.8, 4) is 11.5 Å². The zero-order valence-corrected chi connectivity index (χ0v) is 18.9. The van der Waals surface area contributed by atoms with E-state index >= 15 is 0 Å². The molecule has 8 heteroatoms. The first-order valence-electron chi connectivity index (χ1n) is 9.84. The van der Waals surface area contributed by atoms with Gasteiger partial charge in [-0.05, 0) is 63.6 Å². The summed E-state index contributed by atoms with van der Waals surface area (Å²) in [5, 5.41) is 2.83. The molecule has 0 aromatic heterocycles. The van der Waals surface area contributed by atoms with Crippen molar-refractivity contribution in [3.05, 3.63) is 54.1 Å². The van der Waals surface area contributed by atoms with Crippen LogP contribution in [0, 0.1) is 6.92 Å². The van der Waals surface area contributed by atoms with Crippen LogP contribution in [0.4, 0.5) is 5.69 Å². The SMILES string of the molecule is CCOc1ccc(N([C@@H](C)C(=O)N[C@H](C)COc2ccccc2C)S(C)(=O)=O)cc1. The van der Waals surface area contributed by atoms with Gasteiger partial charge in [0.05, 0.1) is 24.6 Å². The van der Waals surface area contributed by atoms with Crippen LogP contribution in [-0.2, 0) is 14.8 Å². The lowest BCUT2D eigenvalue weighted by Gasteiger charge is -2.29. The highest BCUT2D eigenvalue weighted by molar-refractivity contribution is 7.92. The summed E-state index contributed by atoms with van der Waals surface area (Å²) in [6, 6.07) is 13.0. The number of ether oxygens (including phenoxy) is 2. The molecular weight excluding hydrogens is 404 g/mol. The van der Waals surface area contributed by atoms with Gasteiger partial charge in [-0.2, -0.15) is 0 Å². The van der Waals surface area contributed by atoms with Gasteiger partial charge in [0, 0.05) is 0 Å². The number of anilines is 1. The Balaban J connectivity index is 2.07. The van der Waals surface area contributed by atoms with Gasteiger partial charge in [0.2, 0.25) is 15.9 Å². The molecule has 0 bridgehead atoms. The number of nitrogens with one attached hydrogen (secondary N) is 1. The third-order valence-electron chi connectivity index (χ3n) is 4.46. The molecule has 0 aliphatic heterocycles. The lowest BCUT2D eigenvalue weighted by atomic mass is 10.2. The van der Waals surface area contributed by atoms with Gasteiger partial charge in [-0.1, -0.05) is 18.2 Å². The van der Waals surface area contributed by atoms with Gasteiger partial charge in [-0.25, -0.2) is 8.42 Å². The van der Waals surface area contributed by atoms with E-state index in [1.165, 1.54) is 0 Å². The Morgan fingerprint density at radius 1 is 1.07 bits per heavy atom. The van der Waals surface area contributed by atoms with Crippen molar-refractivity contribution >= 4 is 21.6 Å². The maximum absolute atomic E-state index is 12.8. The number of amides is 1. The summed E-state index contributed by atoms with van der Waals surface area (Å²) in [7, 11) is -3.68. The predicted molar refractivity (Wildman–Crippen MR) is 119 cm³/mol. The maximum atomic E-state index is 12.8. The van der Waals surface area contributed by atoms with E-state index in [0.29, 0.717) is 18.0 Å². The molecule has 2 aromatic rings. The first-order chi connectivity index (χ1) is 14.1. The zero-order valence-electron chi connectivity index (χ0n) is 18.1. The van der Waals surface area contributed by atoms with Crippen molar-refractivity contribution in [2.45, 2.75) is 39.8 Å². The van der Waals surface area contributed by atoms with Gasteiger partial charge in [0.1, 0.15) is 24.1 Å². The lowest BCUT2D eigenvalue weighted by Crippen LogP contribution is -2.50. The Morgan fingerprint density at radius 3 is 2.27 bits per heavy atom. The standard InChI is InChI=1S/C22H30N2O5S/c1-6-28-20-13-11-19(12-14-20)24(30(5,26)27)18(4)22(25)23-17(3)15-29-21-10-8-7-9-16(21)2/h7-14,17-18H,6,15H2,1-5H3,(H,23,25)/t17-,18+/m1/s1. The summed E-state index contributed by atoms with van der Waals surface area (Å²) in [4.78, 5) is 12.8.